The monoisotopic (exact) mass is 432 g/mol. The van der Waals surface area contributed by atoms with Crippen LogP contribution in [0.2, 0.25) is 0 Å². The molecule has 0 aliphatic heterocycles. The molecule has 0 fully saturated rings. The van der Waals surface area contributed by atoms with E-state index in [0.717, 1.165) is 39.1 Å². The summed E-state index contributed by atoms with van der Waals surface area (Å²) < 4.78 is 33.6. The predicted molar refractivity (Wildman–Crippen MR) is 119 cm³/mol. The number of sulfonamides is 1. The quantitative estimate of drug-likeness (QED) is 0.692. The van der Waals surface area contributed by atoms with Gasteiger partial charge in [-0.3, -0.25) is 4.79 Å². The number of carbonyl (C=O) groups excluding carboxylic acids is 1. The Morgan fingerprint density at radius 3 is 1.93 bits per heavy atom. The molecule has 0 saturated carbocycles. The number of nitrogens with zero attached hydrogens (tertiary/aromatic N) is 1. The third kappa shape index (κ3) is 5.21. The Labute approximate surface area is 180 Å². The van der Waals surface area contributed by atoms with Crippen molar-refractivity contribution in [2.24, 2.45) is 0 Å². The number of amides is 1. The minimum atomic E-state index is -3.71. The molecule has 1 N–H and O–H groups in total. The van der Waals surface area contributed by atoms with E-state index in [1.807, 2.05) is 58.9 Å². The van der Waals surface area contributed by atoms with Crippen LogP contribution in [0, 0.1) is 34.6 Å². The van der Waals surface area contributed by atoms with E-state index >= 15 is 0 Å². The van der Waals surface area contributed by atoms with Gasteiger partial charge in [-0.1, -0.05) is 12.1 Å². The number of benzene rings is 2. The van der Waals surface area contributed by atoms with Crippen LogP contribution in [-0.4, -0.2) is 39.9 Å². The van der Waals surface area contributed by atoms with Crippen LogP contribution in [0.3, 0.4) is 0 Å². The van der Waals surface area contributed by atoms with Gasteiger partial charge in [-0.05, 0) is 80.1 Å². The Hall–Kier alpha value is -2.38. The van der Waals surface area contributed by atoms with Gasteiger partial charge in [0.2, 0.25) is 15.9 Å². The van der Waals surface area contributed by atoms with Gasteiger partial charge in [0.15, 0.2) is 0 Å². The van der Waals surface area contributed by atoms with E-state index in [4.69, 9.17) is 4.74 Å². The van der Waals surface area contributed by atoms with E-state index in [2.05, 4.69) is 4.72 Å². The normalized spacial score (nSPS) is 11.4. The molecule has 0 saturated heterocycles. The van der Waals surface area contributed by atoms with Crippen LogP contribution in [0.5, 0.6) is 5.75 Å². The van der Waals surface area contributed by atoms with Crippen molar-refractivity contribution in [3.05, 3.63) is 57.6 Å². The number of ether oxygens (including phenoxy) is 1. The maximum atomic E-state index is 12.9. The minimum Gasteiger partial charge on any atom is -0.497 e. The average molecular weight is 433 g/mol. The summed E-state index contributed by atoms with van der Waals surface area (Å²) in [7, 11) is -0.391. The molecule has 6 nitrogen and oxygen atoms in total. The Balaban J connectivity index is 2.02. The van der Waals surface area contributed by atoms with Gasteiger partial charge in [-0.15, -0.1) is 0 Å². The summed E-state index contributed by atoms with van der Waals surface area (Å²) in [5, 5.41) is 0. The fraction of sp³-hybridized carbons (Fsp3) is 0.435. The highest BCUT2D eigenvalue weighted by molar-refractivity contribution is 7.89. The van der Waals surface area contributed by atoms with E-state index in [1.54, 1.807) is 19.1 Å². The van der Waals surface area contributed by atoms with E-state index in [9.17, 15) is 13.2 Å². The largest absolute Gasteiger partial charge is 0.497 e. The van der Waals surface area contributed by atoms with Gasteiger partial charge in [0.25, 0.3) is 0 Å². The SMILES string of the molecule is COc1ccc(CN(C)C(=O)CCNS(=O)(=O)c2c(C)c(C)c(C)c(C)c2C)cc1. The number of hydrogen-bond donors (Lipinski definition) is 1. The zero-order valence-corrected chi connectivity index (χ0v) is 19.7. The average Bonchev–Trinajstić information content (AvgIpc) is 2.71. The van der Waals surface area contributed by atoms with E-state index in [-0.39, 0.29) is 18.9 Å². The molecule has 0 spiro atoms. The molecule has 164 valence electrons. The second-order valence-corrected chi connectivity index (χ2v) is 9.40. The van der Waals surface area contributed by atoms with Crippen LogP contribution < -0.4 is 9.46 Å². The lowest BCUT2D eigenvalue weighted by molar-refractivity contribution is -0.130. The van der Waals surface area contributed by atoms with Crippen molar-refractivity contribution in [1.82, 2.24) is 9.62 Å². The van der Waals surface area contributed by atoms with Gasteiger partial charge in [0, 0.05) is 26.6 Å². The van der Waals surface area contributed by atoms with Crippen LogP contribution in [-0.2, 0) is 21.4 Å². The van der Waals surface area contributed by atoms with Gasteiger partial charge in [0.1, 0.15) is 5.75 Å². The standard InChI is InChI=1S/C23H32N2O4S/c1-15-16(2)18(4)23(19(5)17(15)3)30(27,28)24-13-12-22(26)25(6)14-20-8-10-21(29-7)11-9-20/h8-11,24H,12-14H2,1-7H3. The number of rotatable bonds is 8. The van der Waals surface area contributed by atoms with Crippen LogP contribution in [0.25, 0.3) is 0 Å². The van der Waals surface area contributed by atoms with Gasteiger partial charge < -0.3 is 9.64 Å². The van der Waals surface area contributed by atoms with Crippen molar-refractivity contribution in [1.29, 1.82) is 0 Å². The first kappa shape index (κ1) is 23.9. The van der Waals surface area contributed by atoms with Crippen molar-refractivity contribution >= 4 is 15.9 Å². The fourth-order valence-electron chi connectivity index (χ4n) is 3.52. The Kier molecular flexibility index (Phi) is 7.66. The third-order valence-corrected chi connectivity index (χ3v) is 7.57. The lowest BCUT2D eigenvalue weighted by atomic mass is 9.95. The summed E-state index contributed by atoms with van der Waals surface area (Å²) in [5.41, 5.74) is 5.56. The number of carbonyl (C=O) groups is 1. The molecule has 0 unspecified atom stereocenters. The molecule has 7 heteroatoms. The third-order valence-electron chi connectivity index (χ3n) is 5.84. The molecule has 30 heavy (non-hydrogen) atoms. The summed E-state index contributed by atoms with van der Waals surface area (Å²) in [6.45, 7) is 10.0. The lowest BCUT2D eigenvalue weighted by Gasteiger charge is -2.20. The van der Waals surface area contributed by atoms with Crippen molar-refractivity contribution in [2.75, 3.05) is 20.7 Å². The Morgan fingerprint density at radius 1 is 0.933 bits per heavy atom. The summed E-state index contributed by atoms with van der Waals surface area (Å²) in [6.07, 6.45) is 0.0911. The molecule has 2 aromatic rings. The second kappa shape index (κ2) is 9.62. The highest BCUT2D eigenvalue weighted by atomic mass is 32.2. The van der Waals surface area contributed by atoms with Crippen LogP contribution in [0.1, 0.15) is 39.8 Å². The first-order valence-electron chi connectivity index (χ1n) is 9.93. The smallest absolute Gasteiger partial charge is 0.241 e. The molecule has 0 heterocycles. The Bertz CT molecular complexity index is 999. The van der Waals surface area contributed by atoms with E-state index in [0.29, 0.717) is 11.4 Å². The summed E-state index contributed by atoms with van der Waals surface area (Å²) in [5.74, 6) is 0.632. The summed E-state index contributed by atoms with van der Waals surface area (Å²) in [4.78, 5) is 14.4. The van der Waals surface area contributed by atoms with E-state index in [1.165, 1.54) is 0 Å². The highest BCUT2D eigenvalue weighted by Gasteiger charge is 2.23. The van der Waals surface area contributed by atoms with E-state index < -0.39 is 10.0 Å². The van der Waals surface area contributed by atoms with Crippen LogP contribution >= 0.6 is 0 Å². The van der Waals surface area contributed by atoms with Gasteiger partial charge in [-0.2, -0.15) is 0 Å². The molecule has 0 aliphatic carbocycles. The number of hydrogen-bond acceptors (Lipinski definition) is 4. The molecule has 0 radical (unpaired) electrons. The Morgan fingerprint density at radius 2 is 1.43 bits per heavy atom. The minimum absolute atomic E-state index is 0.0545. The predicted octanol–water partition coefficient (Wildman–Crippen LogP) is 3.56. The first-order chi connectivity index (χ1) is 14.0. The maximum absolute atomic E-state index is 12.9. The zero-order chi connectivity index (χ0) is 22.6. The first-order valence-corrected chi connectivity index (χ1v) is 11.4. The molecular weight excluding hydrogens is 400 g/mol. The zero-order valence-electron chi connectivity index (χ0n) is 18.9. The maximum Gasteiger partial charge on any atom is 0.241 e. The summed E-state index contributed by atoms with van der Waals surface area (Å²) >= 11 is 0. The van der Waals surface area contributed by atoms with Crippen molar-refractivity contribution in [3.8, 4) is 5.75 Å². The van der Waals surface area contributed by atoms with Crippen molar-refractivity contribution < 1.29 is 17.9 Å². The summed E-state index contributed by atoms with van der Waals surface area (Å²) in [6, 6.07) is 7.49. The van der Waals surface area contributed by atoms with Crippen LogP contribution in [0.15, 0.2) is 29.2 Å². The van der Waals surface area contributed by atoms with Gasteiger partial charge >= 0.3 is 0 Å². The van der Waals surface area contributed by atoms with Gasteiger partial charge in [0.05, 0.1) is 12.0 Å². The molecule has 2 aromatic carbocycles. The topological polar surface area (TPSA) is 75.7 Å². The van der Waals surface area contributed by atoms with Crippen molar-refractivity contribution in [3.63, 3.8) is 0 Å². The second-order valence-electron chi connectivity index (χ2n) is 7.70. The lowest BCUT2D eigenvalue weighted by Crippen LogP contribution is -2.32. The van der Waals surface area contributed by atoms with Crippen LogP contribution in [0.4, 0.5) is 0 Å². The number of nitrogens with one attached hydrogen (secondary N) is 1. The molecule has 2 rings (SSSR count). The molecule has 0 bridgehead atoms. The molecular formula is C23H32N2O4S. The van der Waals surface area contributed by atoms with Crippen molar-refractivity contribution in [2.45, 2.75) is 52.5 Å². The molecule has 0 atom stereocenters. The highest BCUT2D eigenvalue weighted by Crippen LogP contribution is 2.29. The molecule has 0 aliphatic rings. The number of methoxy groups -OCH3 is 1. The molecule has 0 aromatic heterocycles. The molecule has 1 amide bonds. The fourth-order valence-corrected chi connectivity index (χ4v) is 5.14. The van der Waals surface area contributed by atoms with Gasteiger partial charge in [-0.25, -0.2) is 13.1 Å².